The second kappa shape index (κ2) is 5.97. The highest BCUT2D eigenvalue weighted by molar-refractivity contribution is 9.10. The lowest BCUT2D eigenvalue weighted by Gasteiger charge is -2.11. The van der Waals surface area contributed by atoms with E-state index in [2.05, 4.69) is 15.9 Å². The van der Waals surface area contributed by atoms with Crippen molar-refractivity contribution in [2.75, 3.05) is 0 Å². The number of halogens is 5. The number of benzene rings is 2. The van der Waals surface area contributed by atoms with Crippen LogP contribution in [0, 0.1) is 17.5 Å². The summed E-state index contributed by atoms with van der Waals surface area (Å²) in [5.74, 6) is -2.28. The number of hydrogen-bond donors (Lipinski definition) is 0. The van der Waals surface area contributed by atoms with Crippen LogP contribution in [0.25, 0.3) is 0 Å². The Bertz CT molecular complexity index is 601. The predicted molar refractivity (Wildman–Crippen MR) is 72.8 cm³/mol. The van der Waals surface area contributed by atoms with E-state index in [1.165, 1.54) is 12.1 Å². The molecular weight excluding hydrogens is 341 g/mol. The van der Waals surface area contributed by atoms with Gasteiger partial charge in [0.25, 0.3) is 0 Å². The second-order valence-corrected chi connectivity index (χ2v) is 5.53. The van der Waals surface area contributed by atoms with Gasteiger partial charge >= 0.3 is 0 Å². The summed E-state index contributed by atoms with van der Waals surface area (Å²) in [4.78, 5) is 0. The van der Waals surface area contributed by atoms with Crippen molar-refractivity contribution in [1.82, 2.24) is 0 Å². The number of rotatable bonds is 3. The van der Waals surface area contributed by atoms with E-state index in [0.717, 1.165) is 12.1 Å². The second-order valence-electron chi connectivity index (χ2n) is 4.09. The van der Waals surface area contributed by atoms with Crippen molar-refractivity contribution in [2.24, 2.45) is 0 Å². The largest absolute Gasteiger partial charge is 0.207 e. The summed E-state index contributed by atoms with van der Waals surface area (Å²) in [6.07, 6.45) is 0.220. The van der Waals surface area contributed by atoms with Gasteiger partial charge < -0.3 is 0 Å². The summed E-state index contributed by atoms with van der Waals surface area (Å²) in [5, 5.41) is -0.641. The quantitative estimate of drug-likeness (QED) is 0.652. The summed E-state index contributed by atoms with van der Waals surface area (Å²) < 4.78 is 40.2. The van der Waals surface area contributed by atoms with Crippen LogP contribution in [-0.2, 0) is 6.42 Å². The van der Waals surface area contributed by atoms with Crippen LogP contribution >= 0.6 is 27.5 Å². The van der Waals surface area contributed by atoms with Crippen LogP contribution in [0.4, 0.5) is 13.2 Å². The fourth-order valence-electron chi connectivity index (χ4n) is 1.74. The molecule has 0 aliphatic rings. The molecule has 0 spiro atoms. The first-order valence-corrected chi connectivity index (χ1v) is 6.73. The zero-order valence-electron chi connectivity index (χ0n) is 9.64. The van der Waals surface area contributed by atoms with E-state index < -0.39 is 22.8 Å². The van der Waals surface area contributed by atoms with Crippen LogP contribution < -0.4 is 0 Å². The first kappa shape index (κ1) is 14.4. The number of hydrogen-bond acceptors (Lipinski definition) is 0. The molecule has 0 saturated heterocycles. The molecule has 19 heavy (non-hydrogen) atoms. The molecule has 2 aromatic rings. The molecule has 0 heterocycles. The maximum absolute atomic E-state index is 13.7. The normalized spacial score (nSPS) is 12.5. The van der Waals surface area contributed by atoms with E-state index >= 15 is 0 Å². The van der Waals surface area contributed by atoms with Gasteiger partial charge in [-0.3, -0.25) is 0 Å². The monoisotopic (exact) mass is 348 g/mol. The average Bonchev–Trinajstić information content (AvgIpc) is 2.33. The average molecular weight is 350 g/mol. The van der Waals surface area contributed by atoms with Gasteiger partial charge in [0.2, 0.25) is 0 Å². The van der Waals surface area contributed by atoms with Gasteiger partial charge in [0.1, 0.15) is 5.82 Å². The molecule has 0 aliphatic heterocycles. The first-order valence-electron chi connectivity index (χ1n) is 5.50. The van der Waals surface area contributed by atoms with Gasteiger partial charge in [-0.1, -0.05) is 28.1 Å². The first-order chi connectivity index (χ1) is 8.97. The van der Waals surface area contributed by atoms with Crippen molar-refractivity contribution < 1.29 is 13.2 Å². The van der Waals surface area contributed by atoms with Crippen molar-refractivity contribution in [3.05, 3.63) is 69.4 Å². The van der Waals surface area contributed by atoms with Crippen molar-refractivity contribution in [3.63, 3.8) is 0 Å². The Balaban J connectivity index is 2.20. The summed E-state index contributed by atoms with van der Waals surface area (Å²) >= 11 is 9.27. The molecule has 0 radical (unpaired) electrons. The molecule has 0 aliphatic carbocycles. The Morgan fingerprint density at radius 3 is 2.32 bits per heavy atom. The van der Waals surface area contributed by atoms with Crippen LogP contribution in [0.2, 0.25) is 0 Å². The van der Waals surface area contributed by atoms with Crippen molar-refractivity contribution >= 4 is 27.5 Å². The van der Waals surface area contributed by atoms with Gasteiger partial charge in [0, 0.05) is 10.0 Å². The molecular formula is C14H9BrClF3. The summed E-state index contributed by atoms with van der Waals surface area (Å²) in [7, 11) is 0. The smallest absolute Gasteiger partial charge is 0.159 e. The minimum Gasteiger partial charge on any atom is -0.207 e. The third kappa shape index (κ3) is 3.51. The van der Waals surface area contributed by atoms with E-state index in [-0.39, 0.29) is 6.42 Å². The fraction of sp³-hybridized carbons (Fsp3) is 0.143. The highest BCUT2D eigenvalue weighted by Gasteiger charge is 2.15. The summed E-state index contributed by atoms with van der Waals surface area (Å²) in [5.41, 5.74) is 0.843. The SMILES string of the molecule is Fc1ccc(CC(Cl)c2ccc(Br)cc2F)cc1F. The van der Waals surface area contributed by atoms with Crippen LogP contribution in [0.3, 0.4) is 0 Å². The van der Waals surface area contributed by atoms with Gasteiger partial charge in [0.15, 0.2) is 11.6 Å². The van der Waals surface area contributed by atoms with Gasteiger partial charge in [-0.2, -0.15) is 0 Å². The Labute approximate surface area is 122 Å². The molecule has 0 N–H and O–H groups in total. The van der Waals surface area contributed by atoms with Crippen LogP contribution in [0.5, 0.6) is 0 Å². The molecule has 1 unspecified atom stereocenters. The Hall–Kier alpha value is -1.00. The zero-order valence-corrected chi connectivity index (χ0v) is 12.0. The lowest BCUT2D eigenvalue weighted by molar-refractivity contribution is 0.507. The Kier molecular flexibility index (Phi) is 4.53. The van der Waals surface area contributed by atoms with Gasteiger partial charge in [-0.15, -0.1) is 11.6 Å². The maximum Gasteiger partial charge on any atom is 0.159 e. The molecule has 0 saturated carbocycles. The molecule has 0 bridgehead atoms. The van der Waals surface area contributed by atoms with E-state index in [1.807, 2.05) is 0 Å². The molecule has 0 aromatic heterocycles. The molecule has 2 rings (SSSR count). The zero-order chi connectivity index (χ0) is 14.0. The van der Waals surface area contributed by atoms with E-state index in [9.17, 15) is 13.2 Å². The van der Waals surface area contributed by atoms with Crippen molar-refractivity contribution in [3.8, 4) is 0 Å². The summed E-state index contributed by atoms with van der Waals surface area (Å²) in [6, 6.07) is 8.10. The molecule has 0 amide bonds. The Morgan fingerprint density at radius 1 is 0.947 bits per heavy atom. The summed E-state index contributed by atoms with van der Waals surface area (Å²) in [6.45, 7) is 0. The van der Waals surface area contributed by atoms with Crippen LogP contribution in [-0.4, -0.2) is 0 Å². The lowest BCUT2D eigenvalue weighted by atomic mass is 10.0. The van der Waals surface area contributed by atoms with Gasteiger partial charge in [-0.25, -0.2) is 13.2 Å². The van der Waals surface area contributed by atoms with Crippen molar-refractivity contribution in [2.45, 2.75) is 11.8 Å². The molecule has 5 heteroatoms. The van der Waals surface area contributed by atoms with E-state index in [1.54, 1.807) is 12.1 Å². The molecule has 0 nitrogen and oxygen atoms in total. The standard InChI is InChI=1S/C14H9BrClF3/c15-9-2-3-10(13(18)7-9)11(16)5-8-1-4-12(17)14(19)6-8/h1-4,6-7,11H,5H2. The third-order valence-corrected chi connectivity index (χ3v) is 3.58. The molecule has 2 aromatic carbocycles. The fourth-order valence-corrected chi connectivity index (χ4v) is 2.43. The highest BCUT2D eigenvalue weighted by atomic mass is 79.9. The highest BCUT2D eigenvalue weighted by Crippen LogP contribution is 2.29. The van der Waals surface area contributed by atoms with E-state index in [0.29, 0.717) is 15.6 Å². The van der Waals surface area contributed by atoms with Crippen LogP contribution in [0.15, 0.2) is 40.9 Å². The topological polar surface area (TPSA) is 0 Å². The minimum atomic E-state index is -0.933. The third-order valence-electron chi connectivity index (χ3n) is 2.70. The van der Waals surface area contributed by atoms with Gasteiger partial charge in [-0.05, 0) is 36.2 Å². The predicted octanol–water partition coefficient (Wildman–Crippen LogP) is 5.39. The molecule has 1 atom stereocenters. The Morgan fingerprint density at radius 2 is 1.68 bits per heavy atom. The van der Waals surface area contributed by atoms with Crippen molar-refractivity contribution in [1.29, 1.82) is 0 Å². The van der Waals surface area contributed by atoms with Gasteiger partial charge in [0.05, 0.1) is 5.38 Å². The minimum absolute atomic E-state index is 0.220. The lowest BCUT2D eigenvalue weighted by Crippen LogP contribution is -2.00. The number of alkyl halides is 1. The maximum atomic E-state index is 13.7. The van der Waals surface area contributed by atoms with E-state index in [4.69, 9.17) is 11.6 Å². The van der Waals surface area contributed by atoms with Crippen LogP contribution in [0.1, 0.15) is 16.5 Å². The molecule has 0 fully saturated rings. The molecule has 100 valence electrons.